The topological polar surface area (TPSA) is 81.8 Å². The summed E-state index contributed by atoms with van der Waals surface area (Å²) in [5, 5.41) is 3.82. The molecular weight excluding hydrogens is 463 g/mol. The number of nitrogens with one attached hydrogen (secondary N) is 1. The average molecular weight is 476 g/mol. The molecule has 0 unspecified atom stereocenters. The molecule has 12 heteroatoms. The third kappa shape index (κ3) is 2.85. The quantitative estimate of drug-likeness (QED) is 0.617. The van der Waals surface area contributed by atoms with Crippen LogP contribution in [0.1, 0.15) is 38.9 Å². The van der Waals surface area contributed by atoms with E-state index in [4.69, 9.17) is 0 Å². The molecule has 4 rings (SSSR count). The molecule has 1 aliphatic carbocycles. The Morgan fingerprint density at radius 2 is 2.04 bits per heavy atom. The minimum atomic E-state index is -4.72. The molecular formula is C16H13BrF3N5O2S. The number of thiophene rings is 1. The Morgan fingerprint density at radius 3 is 2.68 bits per heavy atom. The van der Waals surface area contributed by atoms with Gasteiger partial charge < -0.3 is 0 Å². The molecule has 28 heavy (non-hydrogen) atoms. The largest absolute Gasteiger partial charge is 0.436 e. The predicted molar refractivity (Wildman–Crippen MR) is 100 cm³/mol. The van der Waals surface area contributed by atoms with Gasteiger partial charge in [-0.15, -0.1) is 11.3 Å². The fraction of sp³-hybridized carbons (Fsp3) is 0.375. The number of hydrogen-bond donors (Lipinski definition) is 1. The minimum Gasteiger partial charge on any atom is -0.267 e. The summed E-state index contributed by atoms with van der Waals surface area (Å²) in [6.45, 7) is 1.55. The molecule has 1 N–H and O–H groups in total. The van der Waals surface area contributed by atoms with E-state index in [1.807, 2.05) is 0 Å². The number of aryl methyl sites for hydroxylation is 4. The number of rotatable bonds is 2. The molecule has 3 heterocycles. The van der Waals surface area contributed by atoms with Crippen LogP contribution in [-0.2, 0) is 26.1 Å². The van der Waals surface area contributed by atoms with E-state index in [1.165, 1.54) is 18.4 Å². The predicted octanol–water partition coefficient (Wildman–Crippen LogP) is 3.15. The van der Waals surface area contributed by atoms with E-state index in [1.54, 1.807) is 6.92 Å². The van der Waals surface area contributed by atoms with Gasteiger partial charge in [-0.3, -0.25) is 19.7 Å². The third-order valence-corrected chi connectivity index (χ3v) is 6.53. The Labute approximate surface area is 168 Å². The Kier molecular flexibility index (Phi) is 4.38. The first-order valence-corrected chi connectivity index (χ1v) is 9.85. The molecule has 0 aliphatic heterocycles. The molecule has 7 nitrogen and oxygen atoms in total. The Balaban J connectivity index is 1.78. The molecule has 0 fully saturated rings. The second kappa shape index (κ2) is 6.41. The maximum atomic E-state index is 13.0. The van der Waals surface area contributed by atoms with Crippen LogP contribution in [0.3, 0.4) is 0 Å². The summed E-state index contributed by atoms with van der Waals surface area (Å²) in [5.74, 6) is -0.671. The van der Waals surface area contributed by atoms with Crippen LogP contribution in [0.2, 0.25) is 0 Å². The average Bonchev–Trinajstić information content (AvgIpc) is 3.23. The minimum absolute atomic E-state index is 0.236. The normalized spacial score (nSPS) is 13.9. The summed E-state index contributed by atoms with van der Waals surface area (Å²) in [6.07, 6.45) is -2.10. The molecule has 3 aromatic heterocycles. The van der Waals surface area contributed by atoms with Crippen molar-refractivity contribution in [3.63, 3.8) is 0 Å². The first-order chi connectivity index (χ1) is 13.1. The van der Waals surface area contributed by atoms with Crippen molar-refractivity contribution < 1.29 is 18.0 Å². The Hall–Kier alpha value is -2.21. The van der Waals surface area contributed by atoms with Crippen LogP contribution in [0, 0.1) is 6.92 Å². The number of hydrogen-bond acceptors (Lipinski definition) is 5. The van der Waals surface area contributed by atoms with E-state index in [0.29, 0.717) is 10.2 Å². The molecule has 0 aromatic carbocycles. The smallest absolute Gasteiger partial charge is 0.267 e. The number of amides is 1. The van der Waals surface area contributed by atoms with Crippen LogP contribution in [0.5, 0.6) is 0 Å². The highest BCUT2D eigenvalue weighted by atomic mass is 79.9. The number of aromatic nitrogens is 4. The summed E-state index contributed by atoms with van der Waals surface area (Å²) in [5.41, 5.74) is 1.30. The number of fused-ring (bicyclic) bond motifs is 3. The maximum Gasteiger partial charge on any atom is 0.436 e. The summed E-state index contributed by atoms with van der Waals surface area (Å²) >= 11 is 4.26. The van der Waals surface area contributed by atoms with Gasteiger partial charge in [0, 0.05) is 11.9 Å². The van der Waals surface area contributed by atoms with Crippen molar-refractivity contribution in [2.75, 3.05) is 5.43 Å². The molecule has 3 aromatic rings. The number of halogens is 4. The van der Waals surface area contributed by atoms with Gasteiger partial charge in [0.1, 0.15) is 16.3 Å². The van der Waals surface area contributed by atoms with Crippen LogP contribution in [0.25, 0.3) is 10.2 Å². The van der Waals surface area contributed by atoms with Crippen molar-refractivity contribution in [3.8, 4) is 0 Å². The molecule has 0 spiro atoms. The van der Waals surface area contributed by atoms with Crippen molar-refractivity contribution >= 4 is 43.4 Å². The second-order valence-corrected chi connectivity index (χ2v) is 8.29. The molecule has 1 amide bonds. The third-order valence-electron chi connectivity index (χ3n) is 4.59. The number of carbonyl (C=O) groups excluding carboxylic acids is 1. The summed E-state index contributed by atoms with van der Waals surface area (Å²) in [6, 6.07) is 0. The van der Waals surface area contributed by atoms with Gasteiger partial charge in [0.15, 0.2) is 5.69 Å². The van der Waals surface area contributed by atoms with Crippen molar-refractivity contribution in [1.29, 1.82) is 0 Å². The number of alkyl halides is 3. The van der Waals surface area contributed by atoms with Crippen molar-refractivity contribution in [1.82, 2.24) is 19.4 Å². The van der Waals surface area contributed by atoms with Crippen LogP contribution < -0.4 is 11.0 Å². The maximum absolute atomic E-state index is 13.0. The fourth-order valence-corrected chi connectivity index (χ4v) is 5.40. The van der Waals surface area contributed by atoms with Gasteiger partial charge >= 0.3 is 6.18 Å². The molecule has 0 saturated carbocycles. The highest BCUT2D eigenvalue weighted by molar-refractivity contribution is 9.10. The van der Waals surface area contributed by atoms with Crippen molar-refractivity contribution in [2.45, 2.75) is 32.4 Å². The van der Waals surface area contributed by atoms with E-state index in [2.05, 4.69) is 31.4 Å². The van der Waals surface area contributed by atoms with E-state index in [9.17, 15) is 22.8 Å². The lowest BCUT2D eigenvalue weighted by Crippen LogP contribution is -2.36. The first kappa shape index (κ1) is 19.1. The van der Waals surface area contributed by atoms with Gasteiger partial charge in [-0.25, -0.2) is 9.66 Å². The first-order valence-electron chi connectivity index (χ1n) is 8.24. The van der Waals surface area contributed by atoms with Crippen molar-refractivity contribution in [2.24, 2.45) is 7.05 Å². The zero-order chi connectivity index (χ0) is 20.4. The Morgan fingerprint density at radius 1 is 1.32 bits per heavy atom. The van der Waals surface area contributed by atoms with E-state index >= 15 is 0 Å². The molecule has 148 valence electrons. The molecule has 0 bridgehead atoms. The monoisotopic (exact) mass is 475 g/mol. The van der Waals surface area contributed by atoms with E-state index in [0.717, 1.165) is 39.1 Å². The zero-order valence-corrected chi connectivity index (χ0v) is 17.0. The molecule has 1 aliphatic rings. The van der Waals surface area contributed by atoms with E-state index < -0.39 is 27.8 Å². The lowest BCUT2D eigenvalue weighted by Gasteiger charge is -2.11. The standard InChI is InChI=1S/C16H13BrF3N5O2S/c1-6-21-14-9(7-4-3-5-8(7)28-14)15(27)25(6)23-13(26)11-10(17)12(16(18,19)20)22-24(11)2/h3-5H2,1-2H3,(H,23,26). The number of carbonyl (C=O) groups is 1. The van der Waals surface area contributed by atoms with Gasteiger partial charge in [0.05, 0.1) is 9.86 Å². The van der Waals surface area contributed by atoms with Gasteiger partial charge in [-0.2, -0.15) is 18.3 Å². The molecule has 0 saturated heterocycles. The van der Waals surface area contributed by atoms with Gasteiger partial charge in [0.25, 0.3) is 11.5 Å². The number of nitrogens with zero attached hydrogens (tertiary/aromatic N) is 4. The fourth-order valence-electron chi connectivity index (χ4n) is 3.36. The summed E-state index contributed by atoms with van der Waals surface area (Å²) in [7, 11) is 1.22. The summed E-state index contributed by atoms with van der Waals surface area (Å²) in [4.78, 5) is 31.7. The van der Waals surface area contributed by atoms with Crippen molar-refractivity contribution in [3.05, 3.63) is 42.5 Å². The van der Waals surface area contributed by atoms with Crippen LogP contribution >= 0.6 is 27.3 Å². The second-order valence-electron chi connectivity index (χ2n) is 6.41. The highest BCUT2D eigenvalue weighted by Crippen LogP contribution is 2.36. The van der Waals surface area contributed by atoms with Crippen LogP contribution in [-0.4, -0.2) is 25.3 Å². The van der Waals surface area contributed by atoms with Crippen LogP contribution in [0.4, 0.5) is 13.2 Å². The van der Waals surface area contributed by atoms with Gasteiger partial charge in [0.2, 0.25) is 0 Å². The Bertz CT molecular complexity index is 1190. The molecule has 0 atom stereocenters. The van der Waals surface area contributed by atoms with Gasteiger partial charge in [-0.1, -0.05) is 0 Å². The van der Waals surface area contributed by atoms with E-state index in [-0.39, 0.29) is 11.5 Å². The van der Waals surface area contributed by atoms with Crippen LogP contribution in [0.15, 0.2) is 9.27 Å². The lowest BCUT2D eigenvalue weighted by molar-refractivity contribution is -0.142. The lowest BCUT2D eigenvalue weighted by atomic mass is 10.2. The zero-order valence-electron chi connectivity index (χ0n) is 14.6. The highest BCUT2D eigenvalue weighted by Gasteiger charge is 2.39. The van der Waals surface area contributed by atoms with Gasteiger partial charge in [-0.05, 0) is 47.7 Å². The SMILES string of the molecule is Cc1nc2sc3c(c2c(=O)n1NC(=O)c1c(Br)c(C(F)(F)F)nn1C)CCC3. The summed E-state index contributed by atoms with van der Waals surface area (Å²) < 4.78 is 40.4. The molecule has 0 radical (unpaired) electrons.